The maximum Gasteiger partial charge on any atom is 0.225 e. The smallest absolute Gasteiger partial charge is 0.225 e. The highest BCUT2D eigenvalue weighted by Gasteiger charge is 2.32. The van der Waals surface area contributed by atoms with Gasteiger partial charge in [-0.05, 0) is 56.2 Å². The van der Waals surface area contributed by atoms with E-state index in [2.05, 4.69) is 5.32 Å². The van der Waals surface area contributed by atoms with Crippen molar-refractivity contribution >= 4 is 34.8 Å². The van der Waals surface area contributed by atoms with Crippen molar-refractivity contribution in [1.29, 1.82) is 0 Å². The van der Waals surface area contributed by atoms with Gasteiger partial charge in [0.25, 0.3) is 0 Å². The minimum absolute atomic E-state index is 0.0680. The normalized spacial score (nSPS) is 23.2. The van der Waals surface area contributed by atoms with E-state index in [1.807, 2.05) is 35.8 Å². The predicted molar refractivity (Wildman–Crippen MR) is 122 cm³/mol. The van der Waals surface area contributed by atoms with Crippen LogP contribution in [0.1, 0.15) is 46.0 Å². The van der Waals surface area contributed by atoms with Crippen molar-refractivity contribution in [2.24, 2.45) is 17.8 Å². The van der Waals surface area contributed by atoms with Crippen LogP contribution in [-0.2, 0) is 9.59 Å². The second-order valence-corrected chi connectivity index (χ2v) is 9.23. The van der Waals surface area contributed by atoms with Gasteiger partial charge in [0.15, 0.2) is 0 Å². The van der Waals surface area contributed by atoms with Crippen molar-refractivity contribution in [3.8, 4) is 0 Å². The molecule has 166 valence electrons. The van der Waals surface area contributed by atoms with Crippen molar-refractivity contribution < 1.29 is 9.59 Å². The second kappa shape index (κ2) is 10.4. The van der Waals surface area contributed by atoms with Crippen molar-refractivity contribution in [3.63, 3.8) is 0 Å². The third-order valence-corrected chi connectivity index (χ3v) is 6.96. The highest BCUT2D eigenvalue weighted by Crippen LogP contribution is 2.31. The highest BCUT2D eigenvalue weighted by molar-refractivity contribution is 6.31. The molecule has 2 amide bonds. The number of carbonyl (C=O) groups is 2. The zero-order valence-corrected chi connectivity index (χ0v) is 19.0. The van der Waals surface area contributed by atoms with E-state index >= 15 is 0 Å². The van der Waals surface area contributed by atoms with Crippen molar-refractivity contribution in [3.05, 3.63) is 23.2 Å². The van der Waals surface area contributed by atoms with Crippen LogP contribution in [0.5, 0.6) is 0 Å². The Kier molecular flexibility index (Phi) is 7.87. The standard InChI is InChI=1S/C23H35ClN4O2/c1-3-16(2)22(29)27-10-12-28(13-11-27)23(30)18-6-4-17(5-7-18)15-26-21-14-19(24)8-9-20(21)25/h8-9,14,16-18,26H,3-7,10-13,15,25H2,1-2H3. The largest absolute Gasteiger partial charge is 0.397 e. The van der Waals surface area contributed by atoms with E-state index in [9.17, 15) is 9.59 Å². The van der Waals surface area contributed by atoms with Gasteiger partial charge in [0.1, 0.15) is 0 Å². The first-order valence-electron chi connectivity index (χ1n) is 11.3. The SMILES string of the molecule is CCC(C)C(=O)N1CCN(C(=O)C2CCC(CNc3cc(Cl)ccc3N)CC2)CC1. The van der Waals surface area contributed by atoms with E-state index in [0.717, 1.165) is 44.3 Å². The highest BCUT2D eigenvalue weighted by atomic mass is 35.5. The molecule has 1 saturated carbocycles. The summed E-state index contributed by atoms with van der Waals surface area (Å²) in [6.45, 7) is 7.52. The summed E-state index contributed by atoms with van der Waals surface area (Å²) in [5.41, 5.74) is 7.59. The molecule has 2 aliphatic rings. The van der Waals surface area contributed by atoms with Gasteiger partial charge in [-0.2, -0.15) is 0 Å². The number of nitrogen functional groups attached to an aromatic ring is 1. The summed E-state index contributed by atoms with van der Waals surface area (Å²) < 4.78 is 0. The molecule has 1 aromatic rings. The summed E-state index contributed by atoms with van der Waals surface area (Å²) in [5, 5.41) is 4.09. The van der Waals surface area contributed by atoms with Crippen LogP contribution in [-0.4, -0.2) is 54.3 Å². The number of nitrogens with two attached hydrogens (primary N) is 1. The van der Waals surface area contributed by atoms with Crippen molar-refractivity contribution in [1.82, 2.24) is 9.80 Å². The molecular formula is C23H35ClN4O2. The number of halogens is 1. The lowest BCUT2D eigenvalue weighted by Gasteiger charge is -2.38. The molecule has 2 fully saturated rings. The zero-order valence-electron chi connectivity index (χ0n) is 18.2. The van der Waals surface area contributed by atoms with E-state index in [1.165, 1.54) is 0 Å². The minimum atomic E-state index is 0.0680. The van der Waals surface area contributed by atoms with Crippen LogP contribution in [0.15, 0.2) is 18.2 Å². The summed E-state index contributed by atoms with van der Waals surface area (Å²) in [6, 6.07) is 5.47. The molecule has 1 unspecified atom stereocenters. The number of carbonyl (C=O) groups excluding carboxylic acids is 2. The minimum Gasteiger partial charge on any atom is -0.397 e. The lowest BCUT2D eigenvalue weighted by atomic mass is 9.81. The first-order valence-corrected chi connectivity index (χ1v) is 11.6. The van der Waals surface area contributed by atoms with Gasteiger partial charge in [-0.25, -0.2) is 0 Å². The summed E-state index contributed by atoms with van der Waals surface area (Å²) in [7, 11) is 0. The quantitative estimate of drug-likeness (QED) is 0.666. The molecule has 1 atom stereocenters. The Balaban J connectivity index is 1.41. The third kappa shape index (κ3) is 5.60. The fourth-order valence-corrected chi connectivity index (χ4v) is 4.61. The molecule has 0 aromatic heterocycles. The number of anilines is 2. The molecule has 30 heavy (non-hydrogen) atoms. The molecule has 1 aromatic carbocycles. The maximum atomic E-state index is 13.0. The number of nitrogens with one attached hydrogen (secondary N) is 1. The molecule has 7 heteroatoms. The van der Waals surface area contributed by atoms with Crippen LogP contribution in [0, 0.1) is 17.8 Å². The lowest BCUT2D eigenvalue weighted by molar-refractivity contribution is -0.144. The van der Waals surface area contributed by atoms with Crippen LogP contribution in [0.2, 0.25) is 5.02 Å². The Hall–Kier alpha value is -1.95. The van der Waals surface area contributed by atoms with Crippen LogP contribution in [0.3, 0.4) is 0 Å². The van der Waals surface area contributed by atoms with E-state index in [0.29, 0.717) is 42.8 Å². The van der Waals surface area contributed by atoms with E-state index in [-0.39, 0.29) is 23.7 Å². The third-order valence-electron chi connectivity index (χ3n) is 6.73. The summed E-state index contributed by atoms with van der Waals surface area (Å²) in [4.78, 5) is 29.2. The summed E-state index contributed by atoms with van der Waals surface area (Å²) in [5.74, 6) is 1.22. The number of hydrogen-bond acceptors (Lipinski definition) is 4. The molecule has 0 bridgehead atoms. The molecule has 1 aliphatic carbocycles. The Morgan fingerprint density at radius 2 is 1.77 bits per heavy atom. The Labute approximate surface area is 185 Å². The second-order valence-electron chi connectivity index (χ2n) is 8.79. The molecule has 6 nitrogen and oxygen atoms in total. The Morgan fingerprint density at radius 3 is 2.40 bits per heavy atom. The first-order chi connectivity index (χ1) is 14.4. The summed E-state index contributed by atoms with van der Waals surface area (Å²) >= 11 is 6.06. The van der Waals surface area contributed by atoms with Crippen LogP contribution < -0.4 is 11.1 Å². The van der Waals surface area contributed by atoms with Crippen molar-refractivity contribution in [2.75, 3.05) is 43.8 Å². The fourth-order valence-electron chi connectivity index (χ4n) is 4.44. The Bertz CT molecular complexity index is 741. The van der Waals surface area contributed by atoms with Crippen LogP contribution in [0.25, 0.3) is 0 Å². The molecule has 0 radical (unpaired) electrons. The molecule has 3 N–H and O–H groups in total. The monoisotopic (exact) mass is 434 g/mol. The van der Waals surface area contributed by atoms with Gasteiger partial charge in [-0.15, -0.1) is 0 Å². The average molecular weight is 435 g/mol. The van der Waals surface area contributed by atoms with Gasteiger partial charge < -0.3 is 20.9 Å². The first kappa shape index (κ1) is 22.7. The maximum absolute atomic E-state index is 13.0. The molecular weight excluding hydrogens is 400 g/mol. The number of piperazine rings is 1. The zero-order chi connectivity index (χ0) is 21.7. The molecule has 1 aliphatic heterocycles. The number of rotatable bonds is 6. The van der Waals surface area contributed by atoms with Crippen LogP contribution >= 0.6 is 11.6 Å². The van der Waals surface area contributed by atoms with Gasteiger partial charge in [-0.1, -0.05) is 25.4 Å². The number of hydrogen-bond donors (Lipinski definition) is 2. The topological polar surface area (TPSA) is 78.7 Å². The van der Waals surface area contributed by atoms with E-state index in [4.69, 9.17) is 17.3 Å². The van der Waals surface area contributed by atoms with E-state index < -0.39 is 0 Å². The van der Waals surface area contributed by atoms with Gasteiger partial charge in [0.2, 0.25) is 11.8 Å². The number of nitrogens with zero attached hydrogens (tertiary/aromatic N) is 2. The van der Waals surface area contributed by atoms with Crippen molar-refractivity contribution in [2.45, 2.75) is 46.0 Å². The predicted octanol–water partition coefficient (Wildman–Crippen LogP) is 3.86. The van der Waals surface area contributed by atoms with Crippen LogP contribution in [0.4, 0.5) is 11.4 Å². The molecule has 0 spiro atoms. The lowest BCUT2D eigenvalue weighted by Crippen LogP contribution is -2.53. The molecule has 1 saturated heterocycles. The van der Waals surface area contributed by atoms with Gasteiger partial charge in [-0.3, -0.25) is 9.59 Å². The molecule has 3 rings (SSSR count). The van der Waals surface area contributed by atoms with Gasteiger partial charge in [0, 0.05) is 49.6 Å². The van der Waals surface area contributed by atoms with E-state index in [1.54, 1.807) is 6.07 Å². The van der Waals surface area contributed by atoms with Gasteiger partial charge in [0.05, 0.1) is 11.4 Å². The number of benzene rings is 1. The fraction of sp³-hybridized carbons (Fsp3) is 0.652. The average Bonchev–Trinajstić information content (AvgIpc) is 2.78. The van der Waals surface area contributed by atoms with Gasteiger partial charge >= 0.3 is 0 Å². The molecule has 1 heterocycles. The Morgan fingerprint density at radius 1 is 1.13 bits per heavy atom. The summed E-state index contributed by atoms with van der Waals surface area (Å²) in [6.07, 6.45) is 4.80. The number of amides is 2.